The van der Waals surface area contributed by atoms with Crippen molar-refractivity contribution < 1.29 is 26.4 Å². The van der Waals surface area contributed by atoms with Crippen molar-refractivity contribution in [1.29, 1.82) is 0 Å². The summed E-state index contributed by atoms with van der Waals surface area (Å²) in [5.74, 6) is 0.911. The fraction of sp³-hybridized carbons (Fsp3) is 0. The van der Waals surface area contributed by atoms with Crippen molar-refractivity contribution in [3.8, 4) is 5.75 Å². The number of para-hydroxylation sites is 1. The molecule has 0 aliphatic carbocycles. The van der Waals surface area contributed by atoms with Gasteiger partial charge in [0.05, 0.1) is 0 Å². The van der Waals surface area contributed by atoms with Crippen LogP contribution in [0.25, 0.3) is 0 Å². The number of rotatable bonds is 2. The molecule has 0 N–H and O–H groups in total. The molecule has 0 radical (unpaired) electrons. The Labute approximate surface area is 70.5 Å². The molecule has 1 aromatic rings. The van der Waals surface area contributed by atoms with Crippen LogP contribution >= 0.6 is 8.25 Å². The maximum absolute atomic E-state index is 5.54. The third kappa shape index (κ3) is 2.54. The van der Waals surface area contributed by atoms with E-state index < -0.39 is 23.8 Å². The average Bonchev–Trinajstić information content (AvgIpc) is 1.91. The zero-order chi connectivity index (χ0) is 6.53. The Morgan fingerprint density at radius 3 is 2.44 bits per heavy atom. The quantitative estimate of drug-likeness (QED) is 0.756. The molecule has 0 aromatic heterocycles. The summed E-state index contributed by atoms with van der Waals surface area (Å²) >= 11 is -1.43. The van der Waals surface area contributed by atoms with Crippen LogP contribution in [-0.4, -0.2) is 0 Å². The molecule has 1 rings (SSSR count). The van der Waals surface area contributed by atoms with Crippen LogP contribution in [0.3, 0.4) is 0 Å². The van der Waals surface area contributed by atoms with Crippen LogP contribution in [0.4, 0.5) is 0 Å². The van der Waals surface area contributed by atoms with Crippen molar-refractivity contribution in [3.05, 3.63) is 30.3 Å². The normalized spacial score (nSPS) is 8.11. The van der Waals surface area contributed by atoms with Gasteiger partial charge >= 0.3 is 70.8 Å². The number of hydrogen-bond donors (Lipinski definition) is 0. The van der Waals surface area contributed by atoms with Gasteiger partial charge in [-0.05, 0) is 0 Å². The molecular formula is C6H5ClHgO. The van der Waals surface area contributed by atoms with Crippen molar-refractivity contribution in [2.75, 3.05) is 0 Å². The Bertz CT molecular complexity index is 166. The first-order valence-electron chi connectivity index (χ1n) is 2.67. The van der Waals surface area contributed by atoms with Gasteiger partial charge in [0.15, 0.2) is 0 Å². The summed E-state index contributed by atoms with van der Waals surface area (Å²) in [5, 5.41) is 0. The van der Waals surface area contributed by atoms with E-state index in [9.17, 15) is 0 Å². The third-order valence-electron chi connectivity index (χ3n) is 0.964. The van der Waals surface area contributed by atoms with Gasteiger partial charge in [0.1, 0.15) is 0 Å². The maximum atomic E-state index is 5.54. The van der Waals surface area contributed by atoms with E-state index >= 15 is 0 Å². The Morgan fingerprint density at radius 2 is 1.89 bits per heavy atom. The fourth-order valence-corrected chi connectivity index (χ4v) is 2.92. The summed E-state index contributed by atoms with van der Waals surface area (Å²) in [7, 11) is 5.54. The van der Waals surface area contributed by atoms with Crippen LogP contribution in [0.1, 0.15) is 0 Å². The van der Waals surface area contributed by atoms with Crippen molar-refractivity contribution in [2.24, 2.45) is 0 Å². The molecule has 0 spiro atoms. The Hall–Kier alpha value is 0.245. The molecule has 0 atom stereocenters. The van der Waals surface area contributed by atoms with Crippen molar-refractivity contribution in [1.82, 2.24) is 0 Å². The molecule has 0 aliphatic rings. The number of benzene rings is 1. The Morgan fingerprint density at radius 1 is 1.22 bits per heavy atom. The van der Waals surface area contributed by atoms with Crippen LogP contribution in [0, 0.1) is 0 Å². The van der Waals surface area contributed by atoms with Gasteiger partial charge in [0, 0.05) is 0 Å². The molecule has 3 heteroatoms. The van der Waals surface area contributed by atoms with Gasteiger partial charge in [-0.3, -0.25) is 0 Å². The van der Waals surface area contributed by atoms with Gasteiger partial charge < -0.3 is 0 Å². The molecule has 44 valence electrons. The summed E-state index contributed by atoms with van der Waals surface area (Å²) < 4.78 is 5.19. The zero-order valence-corrected chi connectivity index (χ0v) is 11.1. The van der Waals surface area contributed by atoms with Gasteiger partial charge in [0.2, 0.25) is 0 Å². The second kappa shape index (κ2) is 4.12. The van der Waals surface area contributed by atoms with E-state index in [0.717, 1.165) is 5.75 Å². The van der Waals surface area contributed by atoms with E-state index in [1.807, 2.05) is 30.3 Å². The third-order valence-corrected chi connectivity index (χ3v) is 3.64. The molecule has 0 saturated heterocycles. The summed E-state index contributed by atoms with van der Waals surface area (Å²) in [6.45, 7) is 0. The molecule has 0 unspecified atom stereocenters. The predicted octanol–water partition coefficient (Wildman–Crippen LogP) is 2.22. The summed E-state index contributed by atoms with van der Waals surface area (Å²) in [6, 6.07) is 9.67. The van der Waals surface area contributed by atoms with Crippen LogP contribution in [0.5, 0.6) is 5.75 Å². The van der Waals surface area contributed by atoms with Crippen LogP contribution in [0.2, 0.25) is 0 Å². The van der Waals surface area contributed by atoms with Crippen LogP contribution in [-0.2, 0) is 23.8 Å². The van der Waals surface area contributed by atoms with Crippen molar-refractivity contribution in [2.45, 2.75) is 0 Å². The summed E-state index contributed by atoms with van der Waals surface area (Å²) in [4.78, 5) is 0. The SMILES string of the molecule is [Cl][Hg][O]c1ccccc1. The van der Waals surface area contributed by atoms with E-state index in [0.29, 0.717) is 0 Å². The number of halogens is 1. The van der Waals surface area contributed by atoms with Crippen molar-refractivity contribution in [3.63, 3.8) is 0 Å². The summed E-state index contributed by atoms with van der Waals surface area (Å²) in [6.07, 6.45) is 0. The molecule has 0 amide bonds. The van der Waals surface area contributed by atoms with E-state index in [2.05, 4.69) is 0 Å². The van der Waals surface area contributed by atoms with E-state index in [1.54, 1.807) is 0 Å². The van der Waals surface area contributed by atoms with Gasteiger partial charge in [-0.1, -0.05) is 0 Å². The van der Waals surface area contributed by atoms with E-state index in [-0.39, 0.29) is 0 Å². The predicted molar refractivity (Wildman–Crippen MR) is 32.9 cm³/mol. The molecule has 0 fully saturated rings. The Kier molecular flexibility index (Phi) is 3.37. The molecule has 0 saturated carbocycles. The summed E-state index contributed by atoms with van der Waals surface area (Å²) in [5.41, 5.74) is 0. The van der Waals surface area contributed by atoms with Crippen LogP contribution < -0.4 is 2.64 Å². The zero-order valence-electron chi connectivity index (χ0n) is 4.88. The molecule has 1 nitrogen and oxygen atoms in total. The van der Waals surface area contributed by atoms with Gasteiger partial charge in [-0.2, -0.15) is 0 Å². The van der Waals surface area contributed by atoms with Crippen LogP contribution in [0.15, 0.2) is 30.3 Å². The average molecular weight is 329 g/mol. The Balaban J connectivity index is 2.61. The minimum absolute atomic E-state index is 0.911. The van der Waals surface area contributed by atoms with Gasteiger partial charge in [-0.15, -0.1) is 0 Å². The first kappa shape index (κ1) is 7.35. The minimum atomic E-state index is -1.43. The standard InChI is InChI=1S/C6H6O.ClH.Hg/c7-6-4-2-1-3-5-6;;/h1-5,7H;1H;/q;;+2/p-2. The van der Waals surface area contributed by atoms with Crippen molar-refractivity contribution >= 4 is 8.25 Å². The topological polar surface area (TPSA) is 9.23 Å². The van der Waals surface area contributed by atoms with E-state index in [1.165, 1.54) is 0 Å². The van der Waals surface area contributed by atoms with Gasteiger partial charge in [0.25, 0.3) is 0 Å². The first-order chi connectivity index (χ1) is 4.43. The first-order valence-corrected chi connectivity index (χ1v) is 11.7. The van der Waals surface area contributed by atoms with Gasteiger partial charge in [-0.25, -0.2) is 0 Å². The second-order valence-corrected chi connectivity index (χ2v) is 5.45. The molecule has 0 aliphatic heterocycles. The molecule has 0 bridgehead atoms. The fourth-order valence-electron chi connectivity index (χ4n) is 0.580. The molecular weight excluding hydrogens is 324 g/mol. The second-order valence-electron chi connectivity index (χ2n) is 1.57. The molecule has 1 aromatic carbocycles. The molecule has 0 heterocycles. The monoisotopic (exact) mass is 330 g/mol. The van der Waals surface area contributed by atoms with E-state index in [4.69, 9.17) is 10.9 Å². The molecule has 9 heavy (non-hydrogen) atoms. The number of hydrogen-bond acceptors (Lipinski definition) is 1.